The van der Waals surface area contributed by atoms with E-state index < -0.39 is 18.3 Å². The molecule has 1 fully saturated rings. The van der Waals surface area contributed by atoms with E-state index in [1.807, 2.05) is 6.08 Å². The normalized spacial score (nSPS) is 33.5. The third-order valence-electron chi connectivity index (χ3n) is 3.83. The van der Waals surface area contributed by atoms with Crippen molar-refractivity contribution in [1.82, 2.24) is 0 Å². The van der Waals surface area contributed by atoms with Crippen molar-refractivity contribution >= 4 is 0 Å². The summed E-state index contributed by atoms with van der Waals surface area (Å²) < 4.78 is 0. The highest BCUT2D eigenvalue weighted by Crippen LogP contribution is 2.36. The van der Waals surface area contributed by atoms with Gasteiger partial charge in [-0.15, -0.1) is 0 Å². The molecule has 1 aliphatic rings. The molecule has 0 saturated heterocycles. The van der Waals surface area contributed by atoms with Gasteiger partial charge in [0.05, 0.1) is 18.3 Å². The highest BCUT2D eigenvalue weighted by atomic mass is 16.3. The molecule has 110 valence electrons. The molecule has 3 N–H and O–H groups in total. The minimum absolute atomic E-state index is 0.0552. The minimum atomic E-state index is -0.509. The summed E-state index contributed by atoms with van der Waals surface area (Å²) in [7, 11) is 0. The van der Waals surface area contributed by atoms with Crippen LogP contribution in [0, 0.1) is 11.8 Å². The molecule has 5 atom stereocenters. The lowest BCUT2D eigenvalue weighted by atomic mass is 9.89. The van der Waals surface area contributed by atoms with Crippen LogP contribution in [0.15, 0.2) is 24.3 Å². The summed E-state index contributed by atoms with van der Waals surface area (Å²) in [5, 5.41) is 29.3. The second-order valence-corrected chi connectivity index (χ2v) is 5.59. The second-order valence-electron chi connectivity index (χ2n) is 5.59. The molecule has 1 saturated carbocycles. The number of aliphatic hydroxyl groups excluding tert-OH is 3. The summed E-state index contributed by atoms with van der Waals surface area (Å²) in [6, 6.07) is 0. The van der Waals surface area contributed by atoms with Crippen molar-refractivity contribution in [3.63, 3.8) is 0 Å². The van der Waals surface area contributed by atoms with Crippen LogP contribution in [-0.4, -0.2) is 33.6 Å². The van der Waals surface area contributed by atoms with Crippen LogP contribution in [0.4, 0.5) is 0 Å². The van der Waals surface area contributed by atoms with Gasteiger partial charge in [-0.2, -0.15) is 0 Å². The van der Waals surface area contributed by atoms with Gasteiger partial charge in [-0.3, -0.25) is 0 Å². The molecule has 0 aromatic heterocycles. The topological polar surface area (TPSA) is 60.7 Å². The van der Waals surface area contributed by atoms with Crippen LogP contribution < -0.4 is 0 Å². The largest absolute Gasteiger partial charge is 0.393 e. The maximum absolute atomic E-state index is 10.0. The Bertz CT molecular complexity index is 296. The van der Waals surface area contributed by atoms with Crippen LogP contribution in [0.25, 0.3) is 0 Å². The summed E-state index contributed by atoms with van der Waals surface area (Å²) >= 11 is 0. The summed E-state index contributed by atoms with van der Waals surface area (Å²) in [5.41, 5.74) is 0. The van der Waals surface area contributed by atoms with Gasteiger partial charge in [-0.1, -0.05) is 44.1 Å². The van der Waals surface area contributed by atoms with Gasteiger partial charge in [0.15, 0.2) is 0 Å². The quantitative estimate of drug-likeness (QED) is 0.491. The van der Waals surface area contributed by atoms with Gasteiger partial charge < -0.3 is 15.3 Å². The molecular formula is C16H28O3. The van der Waals surface area contributed by atoms with Crippen LogP contribution in [-0.2, 0) is 0 Å². The summed E-state index contributed by atoms with van der Waals surface area (Å²) in [4.78, 5) is 0. The van der Waals surface area contributed by atoms with E-state index in [0.29, 0.717) is 6.42 Å². The van der Waals surface area contributed by atoms with Crippen molar-refractivity contribution in [2.24, 2.45) is 11.8 Å². The predicted molar refractivity (Wildman–Crippen MR) is 77.7 cm³/mol. The minimum Gasteiger partial charge on any atom is -0.393 e. The molecule has 0 aromatic carbocycles. The first-order valence-electron chi connectivity index (χ1n) is 7.43. The van der Waals surface area contributed by atoms with Crippen molar-refractivity contribution in [2.45, 2.75) is 64.3 Å². The Balaban J connectivity index is 2.54. The molecule has 0 heterocycles. The average Bonchev–Trinajstić information content (AvgIpc) is 2.61. The molecule has 0 spiro atoms. The number of hydrogen-bond acceptors (Lipinski definition) is 3. The van der Waals surface area contributed by atoms with Gasteiger partial charge in [-0.05, 0) is 25.7 Å². The first-order valence-corrected chi connectivity index (χ1v) is 7.43. The van der Waals surface area contributed by atoms with Gasteiger partial charge in [0.25, 0.3) is 0 Å². The first-order chi connectivity index (χ1) is 9.06. The Morgan fingerprint density at radius 1 is 1.21 bits per heavy atom. The molecule has 0 aromatic rings. The Labute approximate surface area is 116 Å². The van der Waals surface area contributed by atoms with E-state index in [9.17, 15) is 15.3 Å². The zero-order valence-electron chi connectivity index (χ0n) is 12.1. The van der Waals surface area contributed by atoms with E-state index in [2.05, 4.69) is 19.1 Å². The van der Waals surface area contributed by atoms with E-state index in [0.717, 1.165) is 12.8 Å². The molecule has 0 aliphatic heterocycles. The summed E-state index contributed by atoms with van der Waals surface area (Å²) in [5.74, 6) is 0.00306. The van der Waals surface area contributed by atoms with Gasteiger partial charge in [0.2, 0.25) is 0 Å². The third-order valence-corrected chi connectivity index (χ3v) is 3.83. The lowest BCUT2D eigenvalue weighted by Gasteiger charge is -2.19. The van der Waals surface area contributed by atoms with Crippen LogP contribution in [0.3, 0.4) is 0 Å². The lowest BCUT2D eigenvalue weighted by molar-refractivity contribution is 0.120. The van der Waals surface area contributed by atoms with E-state index in [1.54, 1.807) is 13.0 Å². The summed E-state index contributed by atoms with van der Waals surface area (Å²) in [6.07, 6.45) is 11.1. The van der Waals surface area contributed by atoms with Crippen LogP contribution in [0.2, 0.25) is 0 Å². The number of rotatable bonds is 7. The fraction of sp³-hybridized carbons (Fsp3) is 0.750. The second kappa shape index (κ2) is 8.51. The fourth-order valence-corrected chi connectivity index (χ4v) is 2.69. The van der Waals surface area contributed by atoms with Crippen LogP contribution >= 0.6 is 0 Å². The monoisotopic (exact) mass is 268 g/mol. The highest BCUT2D eigenvalue weighted by molar-refractivity contribution is 5.05. The van der Waals surface area contributed by atoms with E-state index >= 15 is 0 Å². The molecule has 1 rings (SSSR count). The molecular weight excluding hydrogens is 240 g/mol. The third kappa shape index (κ3) is 5.47. The molecule has 3 nitrogen and oxygen atoms in total. The maximum Gasteiger partial charge on any atom is 0.0692 e. The SMILES string of the molecule is CCCC/C=C\CC1[C@@H](C=C[C@H](C)O)[C@H](O)C[C@@H]1O. The fourth-order valence-electron chi connectivity index (χ4n) is 2.69. The molecule has 0 radical (unpaired) electrons. The van der Waals surface area contributed by atoms with Crippen molar-refractivity contribution in [3.8, 4) is 0 Å². The van der Waals surface area contributed by atoms with Gasteiger partial charge >= 0.3 is 0 Å². The number of hydrogen-bond donors (Lipinski definition) is 3. The number of unbranched alkanes of at least 4 members (excludes halogenated alkanes) is 2. The smallest absolute Gasteiger partial charge is 0.0692 e. The molecule has 1 aliphatic carbocycles. The molecule has 0 amide bonds. The lowest BCUT2D eigenvalue weighted by Crippen LogP contribution is -2.20. The van der Waals surface area contributed by atoms with E-state index in [4.69, 9.17) is 0 Å². The molecule has 19 heavy (non-hydrogen) atoms. The van der Waals surface area contributed by atoms with Crippen LogP contribution in [0.1, 0.15) is 46.0 Å². The van der Waals surface area contributed by atoms with Gasteiger partial charge in [-0.25, -0.2) is 0 Å². The standard InChI is InChI=1S/C16H28O3/c1-3-4-5-6-7-8-13-14(10-9-12(2)17)16(19)11-15(13)18/h6-7,9-10,12-19H,3-5,8,11H2,1-2H3/b7-6-,10-9?/t12-,13?,14+,15-,16+/m0/s1. The maximum atomic E-state index is 10.0. The Kier molecular flexibility index (Phi) is 7.36. The number of allylic oxidation sites excluding steroid dienone is 2. The Morgan fingerprint density at radius 3 is 2.58 bits per heavy atom. The van der Waals surface area contributed by atoms with Gasteiger partial charge in [0, 0.05) is 12.3 Å². The van der Waals surface area contributed by atoms with Crippen LogP contribution in [0.5, 0.6) is 0 Å². The zero-order chi connectivity index (χ0) is 14.3. The van der Waals surface area contributed by atoms with E-state index in [-0.39, 0.29) is 11.8 Å². The average molecular weight is 268 g/mol. The number of aliphatic hydroxyl groups is 3. The highest BCUT2D eigenvalue weighted by Gasteiger charge is 2.39. The summed E-state index contributed by atoms with van der Waals surface area (Å²) in [6.45, 7) is 3.86. The molecule has 0 bridgehead atoms. The Hall–Kier alpha value is -0.640. The molecule has 3 heteroatoms. The van der Waals surface area contributed by atoms with Crippen molar-refractivity contribution in [3.05, 3.63) is 24.3 Å². The predicted octanol–water partition coefficient (Wildman–Crippen LogP) is 2.42. The Morgan fingerprint density at radius 2 is 1.95 bits per heavy atom. The zero-order valence-corrected chi connectivity index (χ0v) is 12.1. The van der Waals surface area contributed by atoms with Gasteiger partial charge in [0.1, 0.15) is 0 Å². The van der Waals surface area contributed by atoms with Crippen molar-refractivity contribution in [2.75, 3.05) is 0 Å². The van der Waals surface area contributed by atoms with Crippen molar-refractivity contribution in [1.29, 1.82) is 0 Å². The van der Waals surface area contributed by atoms with E-state index in [1.165, 1.54) is 12.8 Å². The first kappa shape index (κ1) is 16.4. The molecule has 1 unspecified atom stereocenters. The van der Waals surface area contributed by atoms with Crippen molar-refractivity contribution < 1.29 is 15.3 Å².